The summed E-state index contributed by atoms with van der Waals surface area (Å²) in [6, 6.07) is 0. The standard InChI is InChI=1S/C18H35O5PS2/c1-16(2,3)14(19)25-12-10-22-24(21,18(7,8)9)23-11-13-26-15(20)17(4,5)6/h10-13H2,1-9H3. The lowest BCUT2D eigenvalue weighted by Crippen LogP contribution is -2.22. The molecule has 26 heavy (non-hydrogen) atoms. The molecule has 0 aliphatic rings. The molecule has 0 aliphatic heterocycles. The third kappa shape index (κ3) is 9.41. The van der Waals surface area contributed by atoms with Gasteiger partial charge in [0.25, 0.3) is 0 Å². The van der Waals surface area contributed by atoms with Crippen molar-refractivity contribution in [2.45, 2.75) is 67.5 Å². The maximum Gasteiger partial charge on any atom is 0.335 e. The van der Waals surface area contributed by atoms with E-state index in [1.165, 1.54) is 23.5 Å². The highest BCUT2D eigenvalue weighted by Gasteiger charge is 2.39. The summed E-state index contributed by atoms with van der Waals surface area (Å²) in [7, 11) is -3.35. The lowest BCUT2D eigenvalue weighted by atomic mass is 9.99. The molecule has 0 amide bonds. The van der Waals surface area contributed by atoms with Crippen molar-refractivity contribution in [2.75, 3.05) is 24.7 Å². The lowest BCUT2D eigenvalue weighted by Gasteiger charge is -2.30. The first-order valence-corrected chi connectivity index (χ1v) is 12.3. The van der Waals surface area contributed by atoms with Gasteiger partial charge in [0.05, 0.1) is 18.4 Å². The van der Waals surface area contributed by atoms with E-state index >= 15 is 0 Å². The van der Waals surface area contributed by atoms with Gasteiger partial charge < -0.3 is 9.05 Å². The average Bonchev–Trinajstić information content (AvgIpc) is 2.44. The fraction of sp³-hybridized carbons (Fsp3) is 0.889. The normalized spacial score (nSPS) is 13.7. The molecule has 0 heterocycles. The van der Waals surface area contributed by atoms with Crippen LogP contribution >= 0.6 is 31.1 Å². The summed E-state index contributed by atoms with van der Waals surface area (Å²) in [5.74, 6) is 0.855. The van der Waals surface area contributed by atoms with Crippen molar-refractivity contribution in [3.05, 3.63) is 0 Å². The molecule has 0 aromatic rings. The molecular formula is C18H35O5PS2. The first-order chi connectivity index (χ1) is 11.5. The molecule has 0 radical (unpaired) electrons. The molecule has 0 aliphatic carbocycles. The van der Waals surface area contributed by atoms with E-state index in [0.29, 0.717) is 11.5 Å². The Morgan fingerprint density at radius 3 is 1.27 bits per heavy atom. The monoisotopic (exact) mass is 426 g/mol. The molecular weight excluding hydrogens is 391 g/mol. The van der Waals surface area contributed by atoms with Crippen molar-refractivity contribution < 1.29 is 23.2 Å². The molecule has 0 aromatic carbocycles. The fourth-order valence-electron chi connectivity index (χ4n) is 1.44. The van der Waals surface area contributed by atoms with E-state index in [1.807, 2.05) is 41.5 Å². The Kier molecular flexibility index (Phi) is 10.2. The second-order valence-corrected chi connectivity index (χ2v) is 14.1. The third-order valence-electron chi connectivity index (χ3n) is 3.20. The second-order valence-electron chi connectivity index (χ2n) is 9.11. The van der Waals surface area contributed by atoms with Crippen molar-refractivity contribution >= 4 is 41.4 Å². The number of carbonyl (C=O) groups excluding carboxylic acids is 2. The fourth-order valence-corrected chi connectivity index (χ4v) is 4.77. The molecule has 0 fully saturated rings. The summed E-state index contributed by atoms with van der Waals surface area (Å²) >= 11 is 2.36. The van der Waals surface area contributed by atoms with Gasteiger partial charge in [0, 0.05) is 22.3 Å². The van der Waals surface area contributed by atoms with E-state index in [2.05, 4.69) is 0 Å². The van der Waals surface area contributed by atoms with E-state index in [4.69, 9.17) is 9.05 Å². The summed E-state index contributed by atoms with van der Waals surface area (Å²) in [5.41, 5.74) is -0.822. The van der Waals surface area contributed by atoms with Crippen LogP contribution < -0.4 is 0 Å². The Morgan fingerprint density at radius 1 is 0.731 bits per heavy atom. The maximum atomic E-state index is 13.1. The Bertz CT molecular complexity index is 489. The van der Waals surface area contributed by atoms with Crippen LogP contribution in [-0.4, -0.2) is 40.1 Å². The molecule has 8 heteroatoms. The van der Waals surface area contributed by atoms with E-state index < -0.39 is 23.6 Å². The van der Waals surface area contributed by atoms with Gasteiger partial charge in [-0.25, -0.2) is 0 Å². The van der Waals surface area contributed by atoms with Crippen LogP contribution in [0.5, 0.6) is 0 Å². The summed E-state index contributed by atoms with van der Waals surface area (Å²) in [5, 5.41) is -0.529. The second kappa shape index (κ2) is 10.1. The smallest absolute Gasteiger partial charge is 0.307 e. The van der Waals surface area contributed by atoms with E-state index in [0.717, 1.165) is 0 Å². The first kappa shape index (κ1) is 26.2. The summed E-state index contributed by atoms with van der Waals surface area (Å²) in [6.45, 7) is 16.9. The number of hydrogen-bond acceptors (Lipinski definition) is 7. The average molecular weight is 427 g/mol. The molecule has 5 nitrogen and oxygen atoms in total. The molecule has 0 rings (SSSR count). The predicted octanol–water partition coefficient (Wildman–Crippen LogP) is 5.62. The van der Waals surface area contributed by atoms with Gasteiger partial charge in [-0.1, -0.05) is 65.1 Å². The van der Waals surface area contributed by atoms with E-state index in [9.17, 15) is 14.2 Å². The lowest BCUT2D eigenvalue weighted by molar-refractivity contribution is -0.118. The minimum Gasteiger partial charge on any atom is -0.307 e. The zero-order valence-electron chi connectivity index (χ0n) is 17.6. The van der Waals surface area contributed by atoms with Crippen LogP contribution in [0.4, 0.5) is 0 Å². The first-order valence-electron chi connectivity index (χ1n) is 8.74. The van der Waals surface area contributed by atoms with E-state index in [-0.39, 0.29) is 23.4 Å². The van der Waals surface area contributed by atoms with Gasteiger partial charge in [-0.15, -0.1) is 0 Å². The van der Waals surface area contributed by atoms with Gasteiger partial charge in [0.2, 0.25) is 0 Å². The number of thioether (sulfide) groups is 2. The Balaban J connectivity index is 4.53. The quantitative estimate of drug-likeness (QED) is 0.368. The highest BCUT2D eigenvalue weighted by atomic mass is 32.2. The van der Waals surface area contributed by atoms with Crippen LogP contribution in [0, 0.1) is 10.8 Å². The topological polar surface area (TPSA) is 69.7 Å². The molecule has 0 N–H and O–H groups in total. The van der Waals surface area contributed by atoms with Gasteiger partial charge in [0.1, 0.15) is 0 Å². The third-order valence-corrected chi connectivity index (χ3v) is 8.38. The van der Waals surface area contributed by atoms with Crippen LogP contribution in [0.25, 0.3) is 0 Å². The Morgan fingerprint density at radius 2 is 1.04 bits per heavy atom. The summed E-state index contributed by atoms with van der Waals surface area (Å²) < 4.78 is 24.3. The van der Waals surface area contributed by atoms with Gasteiger partial charge in [-0.3, -0.25) is 14.2 Å². The minimum absolute atomic E-state index is 0.0738. The highest BCUT2D eigenvalue weighted by Crippen LogP contribution is 2.59. The van der Waals surface area contributed by atoms with Gasteiger partial charge >= 0.3 is 7.60 Å². The van der Waals surface area contributed by atoms with Crippen molar-refractivity contribution in [3.8, 4) is 0 Å². The minimum atomic E-state index is -3.35. The highest BCUT2D eigenvalue weighted by molar-refractivity contribution is 8.14. The van der Waals surface area contributed by atoms with E-state index in [1.54, 1.807) is 20.8 Å². The molecule has 0 unspecified atom stereocenters. The molecule has 154 valence electrons. The van der Waals surface area contributed by atoms with Crippen LogP contribution in [0.3, 0.4) is 0 Å². The number of rotatable bonds is 8. The molecule has 0 saturated heterocycles. The van der Waals surface area contributed by atoms with Gasteiger partial charge in [-0.05, 0) is 20.8 Å². The van der Waals surface area contributed by atoms with Gasteiger partial charge in [-0.2, -0.15) is 0 Å². The Hall–Kier alpha value is 0.190. The van der Waals surface area contributed by atoms with Crippen molar-refractivity contribution in [3.63, 3.8) is 0 Å². The molecule has 0 spiro atoms. The van der Waals surface area contributed by atoms with Crippen LogP contribution in [0.1, 0.15) is 62.3 Å². The Labute approximate surface area is 167 Å². The van der Waals surface area contributed by atoms with Crippen molar-refractivity contribution in [1.29, 1.82) is 0 Å². The molecule has 0 atom stereocenters. The predicted molar refractivity (Wildman–Crippen MR) is 113 cm³/mol. The SMILES string of the molecule is CC(C)(C)C(=O)SCCOP(=O)(OCCSC(=O)C(C)(C)C)C(C)(C)C. The number of hydrogen-bond donors (Lipinski definition) is 0. The van der Waals surface area contributed by atoms with Crippen LogP contribution in [0.15, 0.2) is 0 Å². The summed E-state index contributed by atoms with van der Waals surface area (Å²) in [4.78, 5) is 23.8. The van der Waals surface area contributed by atoms with Crippen LogP contribution in [0.2, 0.25) is 0 Å². The van der Waals surface area contributed by atoms with Crippen LogP contribution in [-0.2, 0) is 23.2 Å². The molecule has 0 bridgehead atoms. The van der Waals surface area contributed by atoms with Gasteiger partial charge in [0.15, 0.2) is 10.2 Å². The largest absolute Gasteiger partial charge is 0.335 e. The molecule has 0 saturated carbocycles. The zero-order valence-corrected chi connectivity index (χ0v) is 20.2. The summed E-state index contributed by atoms with van der Waals surface area (Å²) in [6.07, 6.45) is 0. The van der Waals surface area contributed by atoms with Crippen molar-refractivity contribution in [1.82, 2.24) is 0 Å². The molecule has 0 aromatic heterocycles. The van der Waals surface area contributed by atoms with Crippen molar-refractivity contribution in [2.24, 2.45) is 10.8 Å². The zero-order chi connectivity index (χ0) is 20.8. The maximum absolute atomic E-state index is 13.1. The number of carbonyl (C=O) groups is 2.